The van der Waals surface area contributed by atoms with Crippen LogP contribution in [0.2, 0.25) is 0 Å². The number of nitrogens with zero attached hydrogens (tertiary/aromatic N) is 1. The third-order valence-electron chi connectivity index (χ3n) is 2.23. The van der Waals surface area contributed by atoms with Crippen LogP contribution >= 0.6 is 0 Å². The number of hydrogen-bond acceptors (Lipinski definition) is 3. The lowest BCUT2D eigenvalue weighted by Gasteiger charge is -2.19. The number of rotatable bonds is 5. The lowest BCUT2D eigenvalue weighted by Crippen LogP contribution is -2.34. The summed E-state index contributed by atoms with van der Waals surface area (Å²) in [6.45, 7) is 2.94. The quantitative estimate of drug-likeness (QED) is 0.722. The van der Waals surface area contributed by atoms with E-state index in [9.17, 15) is 9.59 Å². The Morgan fingerprint density at radius 2 is 2.43 bits per heavy atom. The first-order chi connectivity index (χ1) is 6.65. The Hall–Kier alpha value is -1.26. The van der Waals surface area contributed by atoms with E-state index < -0.39 is 5.97 Å². The molecule has 1 N–H and O–H groups in total. The Bertz CT molecular complexity index is 229. The molecular formula is C9H15NO4. The molecule has 14 heavy (non-hydrogen) atoms. The number of carboxylic acids is 1. The van der Waals surface area contributed by atoms with Gasteiger partial charge in [-0.15, -0.1) is 0 Å². The Balaban J connectivity index is 2.42. The summed E-state index contributed by atoms with van der Waals surface area (Å²) in [5, 5.41) is 8.51. The third kappa shape index (κ3) is 2.61. The Labute approximate surface area is 82.6 Å². The predicted octanol–water partition coefficient (Wildman–Crippen LogP) is 1.08. The Kier molecular flexibility index (Phi) is 3.73. The van der Waals surface area contributed by atoms with Crippen LogP contribution in [0.3, 0.4) is 0 Å². The molecule has 1 atom stereocenters. The van der Waals surface area contributed by atoms with Crippen LogP contribution in [0.15, 0.2) is 0 Å². The van der Waals surface area contributed by atoms with Gasteiger partial charge in [0.15, 0.2) is 0 Å². The van der Waals surface area contributed by atoms with Crippen molar-refractivity contribution in [2.75, 3.05) is 13.2 Å². The highest BCUT2D eigenvalue weighted by Crippen LogP contribution is 2.16. The fourth-order valence-corrected chi connectivity index (χ4v) is 1.53. The van der Waals surface area contributed by atoms with E-state index in [1.165, 1.54) is 0 Å². The minimum atomic E-state index is -0.833. The van der Waals surface area contributed by atoms with Crippen LogP contribution in [0, 0.1) is 0 Å². The molecule has 5 heteroatoms. The SMILES string of the molecule is CCCN1C(=O)OCC1CCC(=O)O. The molecule has 0 spiro atoms. The number of carbonyl (C=O) groups is 2. The van der Waals surface area contributed by atoms with Crippen LogP contribution < -0.4 is 0 Å². The monoisotopic (exact) mass is 201 g/mol. The van der Waals surface area contributed by atoms with Gasteiger partial charge in [0, 0.05) is 13.0 Å². The van der Waals surface area contributed by atoms with E-state index in [1.807, 2.05) is 6.92 Å². The lowest BCUT2D eigenvalue weighted by atomic mass is 10.1. The van der Waals surface area contributed by atoms with Crippen LogP contribution in [-0.2, 0) is 9.53 Å². The zero-order valence-corrected chi connectivity index (χ0v) is 8.23. The number of carboxylic acid groups (broad SMARTS) is 1. The van der Waals surface area contributed by atoms with E-state index in [0.29, 0.717) is 19.6 Å². The first kappa shape index (κ1) is 10.8. The second kappa shape index (κ2) is 4.83. The van der Waals surface area contributed by atoms with Crippen LogP contribution in [0.4, 0.5) is 4.79 Å². The summed E-state index contributed by atoms with van der Waals surface area (Å²) in [4.78, 5) is 23.1. The van der Waals surface area contributed by atoms with Crippen LogP contribution in [-0.4, -0.2) is 41.3 Å². The highest BCUT2D eigenvalue weighted by molar-refractivity contribution is 5.70. The van der Waals surface area contributed by atoms with Gasteiger partial charge in [0.2, 0.25) is 0 Å². The summed E-state index contributed by atoms with van der Waals surface area (Å²) < 4.78 is 4.86. The molecule has 1 unspecified atom stereocenters. The fourth-order valence-electron chi connectivity index (χ4n) is 1.53. The molecule has 1 rings (SSSR count). The third-order valence-corrected chi connectivity index (χ3v) is 2.23. The smallest absolute Gasteiger partial charge is 0.410 e. The molecule has 0 aromatic rings. The summed E-state index contributed by atoms with van der Waals surface area (Å²) in [6, 6.07) is -0.0569. The largest absolute Gasteiger partial charge is 0.481 e. The maximum atomic E-state index is 11.2. The molecule has 1 fully saturated rings. The van der Waals surface area contributed by atoms with Crippen molar-refractivity contribution in [1.29, 1.82) is 0 Å². The summed E-state index contributed by atoms with van der Waals surface area (Å²) in [5.41, 5.74) is 0. The maximum Gasteiger partial charge on any atom is 0.410 e. The van der Waals surface area contributed by atoms with Gasteiger partial charge < -0.3 is 14.7 Å². The molecule has 1 heterocycles. The highest BCUT2D eigenvalue weighted by atomic mass is 16.6. The van der Waals surface area contributed by atoms with Crippen molar-refractivity contribution in [3.63, 3.8) is 0 Å². The van der Waals surface area contributed by atoms with E-state index in [2.05, 4.69) is 0 Å². The second-order valence-corrected chi connectivity index (χ2v) is 3.36. The lowest BCUT2D eigenvalue weighted by molar-refractivity contribution is -0.137. The molecule has 0 aliphatic carbocycles. The number of hydrogen-bond donors (Lipinski definition) is 1. The average molecular weight is 201 g/mol. The van der Waals surface area contributed by atoms with Crippen LogP contribution in [0.1, 0.15) is 26.2 Å². The van der Waals surface area contributed by atoms with Crippen molar-refractivity contribution in [1.82, 2.24) is 4.90 Å². The van der Waals surface area contributed by atoms with Crippen molar-refractivity contribution in [2.24, 2.45) is 0 Å². The number of cyclic esters (lactones) is 1. The Morgan fingerprint density at radius 3 is 3.00 bits per heavy atom. The first-order valence-electron chi connectivity index (χ1n) is 4.80. The zero-order chi connectivity index (χ0) is 10.6. The zero-order valence-electron chi connectivity index (χ0n) is 8.23. The maximum absolute atomic E-state index is 11.2. The minimum Gasteiger partial charge on any atom is -0.481 e. The van der Waals surface area contributed by atoms with Gasteiger partial charge in [0.05, 0.1) is 6.04 Å². The molecule has 1 amide bonds. The number of carbonyl (C=O) groups excluding carboxylic acids is 1. The molecule has 0 radical (unpaired) electrons. The van der Waals surface area contributed by atoms with Gasteiger partial charge >= 0.3 is 12.1 Å². The summed E-state index contributed by atoms with van der Waals surface area (Å²) in [6.07, 6.45) is 1.10. The molecule has 0 aromatic heterocycles. The molecule has 0 saturated carbocycles. The van der Waals surface area contributed by atoms with E-state index in [0.717, 1.165) is 6.42 Å². The van der Waals surface area contributed by atoms with Gasteiger partial charge in [-0.2, -0.15) is 0 Å². The highest BCUT2D eigenvalue weighted by Gasteiger charge is 2.31. The van der Waals surface area contributed by atoms with Gasteiger partial charge in [-0.1, -0.05) is 6.92 Å². The van der Waals surface area contributed by atoms with Crippen LogP contribution in [0.5, 0.6) is 0 Å². The summed E-state index contributed by atoms with van der Waals surface area (Å²) in [5.74, 6) is -0.833. The van der Waals surface area contributed by atoms with Crippen molar-refractivity contribution in [2.45, 2.75) is 32.2 Å². The van der Waals surface area contributed by atoms with Crippen LogP contribution in [0.25, 0.3) is 0 Å². The van der Waals surface area contributed by atoms with Crippen molar-refractivity contribution < 1.29 is 19.4 Å². The normalized spacial score (nSPS) is 21.1. The van der Waals surface area contributed by atoms with E-state index in [1.54, 1.807) is 4.90 Å². The van der Waals surface area contributed by atoms with E-state index in [-0.39, 0.29) is 18.6 Å². The number of amides is 1. The summed E-state index contributed by atoms with van der Waals surface area (Å²) in [7, 11) is 0. The minimum absolute atomic E-state index is 0.0569. The van der Waals surface area contributed by atoms with Gasteiger partial charge in [-0.25, -0.2) is 4.79 Å². The molecule has 1 aliphatic heterocycles. The van der Waals surface area contributed by atoms with E-state index in [4.69, 9.17) is 9.84 Å². The standard InChI is InChI=1S/C9H15NO4/c1-2-5-10-7(3-4-8(11)12)6-14-9(10)13/h7H,2-6H2,1H3,(H,11,12). The molecule has 5 nitrogen and oxygen atoms in total. The average Bonchev–Trinajstić information content (AvgIpc) is 2.46. The second-order valence-electron chi connectivity index (χ2n) is 3.36. The van der Waals surface area contributed by atoms with Gasteiger partial charge in [-0.05, 0) is 12.8 Å². The molecule has 0 bridgehead atoms. The molecule has 0 aromatic carbocycles. The molecule has 1 saturated heterocycles. The van der Waals surface area contributed by atoms with Crippen molar-refractivity contribution >= 4 is 12.1 Å². The first-order valence-corrected chi connectivity index (χ1v) is 4.80. The van der Waals surface area contributed by atoms with Gasteiger partial charge in [0.25, 0.3) is 0 Å². The van der Waals surface area contributed by atoms with E-state index >= 15 is 0 Å². The molecular weight excluding hydrogens is 186 g/mol. The van der Waals surface area contributed by atoms with Gasteiger partial charge in [0.1, 0.15) is 6.61 Å². The fraction of sp³-hybridized carbons (Fsp3) is 0.778. The molecule has 80 valence electrons. The number of ether oxygens (including phenoxy) is 1. The topological polar surface area (TPSA) is 66.8 Å². The van der Waals surface area contributed by atoms with Gasteiger partial charge in [-0.3, -0.25) is 4.79 Å². The predicted molar refractivity (Wildman–Crippen MR) is 49.0 cm³/mol. The van der Waals surface area contributed by atoms with Crippen molar-refractivity contribution in [3.8, 4) is 0 Å². The molecule has 1 aliphatic rings. The summed E-state index contributed by atoms with van der Waals surface area (Å²) >= 11 is 0. The number of aliphatic carboxylic acids is 1. The van der Waals surface area contributed by atoms with Crippen molar-refractivity contribution in [3.05, 3.63) is 0 Å². The Morgan fingerprint density at radius 1 is 1.71 bits per heavy atom.